The summed E-state index contributed by atoms with van der Waals surface area (Å²) < 4.78 is 4.82. The molecule has 0 radical (unpaired) electrons. The van der Waals surface area contributed by atoms with Gasteiger partial charge >= 0.3 is 5.97 Å². The van der Waals surface area contributed by atoms with Crippen molar-refractivity contribution in [1.29, 1.82) is 0 Å². The monoisotopic (exact) mass is 210 g/mol. The normalized spacial score (nSPS) is 12.1. The van der Waals surface area contributed by atoms with Crippen LogP contribution >= 0.6 is 0 Å². The molecule has 0 aliphatic heterocycles. The molecular formula is C11H14O4. The lowest BCUT2D eigenvalue weighted by Gasteiger charge is -2.12. The standard InChI is InChI=1S/C11H14O4/c1-2-15-11(14)10(7-12)8-3-5-9(13)6-4-8/h3-6,10,12-13H,2,7H2,1H3. The van der Waals surface area contributed by atoms with Crippen molar-refractivity contribution >= 4 is 5.97 Å². The summed E-state index contributed by atoms with van der Waals surface area (Å²) in [6.07, 6.45) is 0. The van der Waals surface area contributed by atoms with E-state index in [4.69, 9.17) is 14.9 Å². The number of carbonyl (C=O) groups excluding carboxylic acids is 1. The molecule has 82 valence electrons. The first kappa shape index (κ1) is 11.5. The van der Waals surface area contributed by atoms with E-state index in [1.165, 1.54) is 12.1 Å². The maximum atomic E-state index is 11.4. The molecule has 0 fully saturated rings. The number of phenols is 1. The zero-order valence-corrected chi connectivity index (χ0v) is 8.51. The number of benzene rings is 1. The molecule has 0 aliphatic carbocycles. The summed E-state index contributed by atoms with van der Waals surface area (Å²) in [5, 5.41) is 18.2. The van der Waals surface area contributed by atoms with Gasteiger partial charge in [0.25, 0.3) is 0 Å². The fraction of sp³-hybridized carbons (Fsp3) is 0.364. The van der Waals surface area contributed by atoms with Gasteiger partial charge in [-0.2, -0.15) is 0 Å². The summed E-state index contributed by atoms with van der Waals surface area (Å²) in [7, 11) is 0. The van der Waals surface area contributed by atoms with E-state index in [2.05, 4.69) is 0 Å². The maximum absolute atomic E-state index is 11.4. The average molecular weight is 210 g/mol. The van der Waals surface area contributed by atoms with Gasteiger partial charge in [-0.1, -0.05) is 12.1 Å². The first-order chi connectivity index (χ1) is 7.19. The van der Waals surface area contributed by atoms with Crippen LogP contribution in [0.15, 0.2) is 24.3 Å². The van der Waals surface area contributed by atoms with E-state index >= 15 is 0 Å². The van der Waals surface area contributed by atoms with Crippen molar-refractivity contribution < 1.29 is 19.7 Å². The Bertz CT molecular complexity index is 318. The highest BCUT2D eigenvalue weighted by Crippen LogP contribution is 2.19. The highest BCUT2D eigenvalue weighted by Gasteiger charge is 2.20. The van der Waals surface area contributed by atoms with Crippen LogP contribution in [-0.2, 0) is 9.53 Å². The van der Waals surface area contributed by atoms with Gasteiger partial charge in [-0.15, -0.1) is 0 Å². The summed E-state index contributed by atoms with van der Waals surface area (Å²) in [4.78, 5) is 11.4. The van der Waals surface area contributed by atoms with Crippen molar-refractivity contribution in [2.75, 3.05) is 13.2 Å². The Hall–Kier alpha value is -1.55. The van der Waals surface area contributed by atoms with Gasteiger partial charge < -0.3 is 14.9 Å². The zero-order valence-electron chi connectivity index (χ0n) is 8.51. The average Bonchev–Trinajstić information content (AvgIpc) is 2.22. The highest BCUT2D eigenvalue weighted by atomic mass is 16.5. The number of phenolic OH excluding ortho intramolecular Hbond substituents is 1. The van der Waals surface area contributed by atoms with E-state index < -0.39 is 11.9 Å². The maximum Gasteiger partial charge on any atom is 0.315 e. The zero-order chi connectivity index (χ0) is 11.3. The number of ether oxygens (including phenoxy) is 1. The number of aliphatic hydroxyl groups excluding tert-OH is 1. The quantitative estimate of drug-likeness (QED) is 0.728. The minimum absolute atomic E-state index is 0.124. The van der Waals surface area contributed by atoms with Crippen molar-refractivity contribution in [2.24, 2.45) is 0 Å². The minimum atomic E-state index is -0.675. The fourth-order valence-corrected chi connectivity index (χ4v) is 1.27. The summed E-state index contributed by atoms with van der Waals surface area (Å²) in [5.74, 6) is -1.00. The molecule has 1 aromatic carbocycles. The molecule has 0 bridgehead atoms. The van der Waals surface area contributed by atoms with E-state index in [1.54, 1.807) is 19.1 Å². The second-order valence-corrected chi connectivity index (χ2v) is 3.08. The van der Waals surface area contributed by atoms with Crippen LogP contribution in [0, 0.1) is 0 Å². The summed E-state index contributed by atoms with van der Waals surface area (Å²) in [5.41, 5.74) is 0.633. The number of rotatable bonds is 4. The summed E-state index contributed by atoms with van der Waals surface area (Å²) >= 11 is 0. The summed E-state index contributed by atoms with van der Waals surface area (Å²) in [6.45, 7) is 1.69. The van der Waals surface area contributed by atoms with E-state index in [9.17, 15) is 4.79 Å². The molecule has 0 aromatic heterocycles. The van der Waals surface area contributed by atoms with Gasteiger partial charge in [0.2, 0.25) is 0 Å². The van der Waals surface area contributed by atoms with Gasteiger partial charge in [0, 0.05) is 0 Å². The Balaban J connectivity index is 2.82. The van der Waals surface area contributed by atoms with Crippen molar-refractivity contribution in [3.63, 3.8) is 0 Å². The largest absolute Gasteiger partial charge is 0.508 e. The molecule has 0 heterocycles. The molecule has 1 aromatic rings. The third kappa shape index (κ3) is 2.95. The van der Waals surface area contributed by atoms with Crippen molar-refractivity contribution in [1.82, 2.24) is 0 Å². The lowest BCUT2D eigenvalue weighted by atomic mass is 10.0. The number of aromatic hydroxyl groups is 1. The second kappa shape index (κ2) is 5.36. The minimum Gasteiger partial charge on any atom is -0.508 e. The molecule has 0 saturated carbocycles. The Morgan fingerprint density at radius 1 is 1.40 bits per heavy atom. The Kier molecular flexibility index (Phi) is 4.12. The molecule has 0 saturated heterocycles. The number of aliphatic hydroxyl groups is 1. The van der Waals surface area contributed by atoms with Crippen LogP contribution in [0.1, 0.15) is 18.4 Å². The van der Waals surface area contributed by atoms with Crippen molar-refractivity contribution in [2.45, 2.75) is 12.8 Å². The van der Waals surface area contributed by atoms with Gasteiger partial charge in [0.1, 0.15) is 11.7 Å². The first-order valence-electron chi connectivity index (χ1n) is 4.75. The Morgan fingerprint density at radius 3 is 2.47 bits per heavy atom. The van der Waals surface area contributed by atoms with E-state index in [0.29, 0.717) is 5.56 Å². The van der Waals surface area contributed by atoms with Crippen LogP contribution in [0.4, 0.5) is 0 Å². The molecule has 15 heavy (non-hydrogen) atoms. The molecule has 1 rings (SSSR count). The molecule has 0 spiro atoms. The molecule has 1 atom stereocenters. The molecule has 1 unspecified atom stereocenters. The third-order valence-electron chi connectivity index (χ3n) is 2.05. The highest BCUT2D eigenvalue weighted by molar-refractivity contribution is 5.78. The van der Waals surface area contributed by atoms with E-state index in [-0.39, 0.29) is 19.0 Å². The van der Waals surface area contributed by atoms with Gasteiger partial charge in [0.05, 0.1) is 13.2 Å². The molecular weight excluding hydrogens is 196 g/mol. The lowest BCUT2D eigenvalue weighted by Crippen LogP contribution is -2.19. The number of esters is 1. The van der Waals surface area contributed by atoms with E-state index in [0.717, 1.165) is 0 Å². The Morgan fingerprint density at radius 2 is 2.00 bits per heavy atom. The van der Waals surface area contributed by atoms with Crippen LogP contribution in [0.3, 0.4) is 0 Å². The van der Waals surface area contributed by atoms with Crippen LogP contribution in [0.2, 0.25) is 0 Å². The SMILES string of the molecule is CCOC(=O)C(CO)c1ccc(O)cc1. The summed E-state index contributed by atoms with van der Waals surface area (Å²) in [6, 6.07) is 6.12. The molecule has 4 heteroatoms. The molecule has 2 N–H and O–H groups in total. The topological polar surface area (TPSA) is 66.8 Å². The van der Waals surface area contributed by atoms with Crippen molar-refractivity contribution in [3.05, 3.63) is 29.8 Å². The van der Waals surface area contributed by atoms with Crippen molar-refractivity contribution in [3.8, 4) is 5.75 Å². The number of hydrogen-bond donors (Lipinski definition) is 2. The number of carbonyl (C=O) groups is 1. The van der Waals surface area contributed by atoms with Crippen LogP contribution < -0.4 is 0 Å². The second-order valence-electron chi connectivity index (χ2n) is 3.08. The Labute approximate surface area is 88.1 Å². The predicted molar refractivity (Wildman–Crippen MR) is 54.6 cm³/mol. The lowest BCUT2D eigenvalue weighted by molar-refractivity contribution is -0.145. The van der Waals surface area contributed by atoms with Gasteiger partial charge in [-0.25, -0.2) is 0 Å². The van der Waals surface area contributed by atoms with Gasteiger partial charge in [-0.05, 0) is 24.6 Å². The third-order valence-corrected chi connectivity index (χ3v) is 2.05. The molecule has 4 nitrogen and oxygen atoms in total. The first-order valence-corrected chi connectivity index (χ1v) is 4.75. The van der Waals surface area contributed by atoms with Crippen LogP contribution in [-0.4, -0.2) is 29.4 Å². The van der Waals surface area contributed by atoms with Gasteiger partial charge in [-0.3, -0.25) is 4.79 Å². The number of hydrogen-bond acceptors (Lipinski definition) is 4. The van der Waals surface area contributed by atoms with Crippen LogP contribution in [0.5, 0.6) is 5.75 Å². The smallest absolute Gasteiger partial charge is 0.315 e. The molecule has 0 aliphatic rings. The van der Waals surface area contributed by atoms with E-state index in [1.807, 2.05) is 0 Å². The van der Waals surface area contributed by atoms with Gasteiger partial charge in [0.15, 0.2) is 0 Å². The fourth-order valence-electron chi connectivity index (χ4n) is 1.27. The predicted octanol–water partition coefficient (Wildman–Crippen LogP) is 1.03. The molecule has 0 amide bonds. The van der Waals surface area contributed by atoms with Crippen LogP contribution in [0.25, 0.3) is 0 Å².